The van der Waals surface area contributed by atoms with Gasteiger partial charge in [-0.05, 0) is 36.5 Å². The molecule has 0 aliphatic heterocycles. The summed E-state index contributed by atoms with van der Waals surface area (Å²) >= 11 is 0. The molecule has 0 aromatic heterocycles. The van der Waals surface area contributed by atoms with Gasteiger partial charge in [0.05, 0.1) is 5.92 Å². The van der Waals surface area contributed by atoms with Crippen molar-refractivity contribution < 1.29 is 44.7 Å². The van der Waals surface area contributed by atoms with E-state index in [-0.39, 0.29) is 17.8 Å². The van der Waals surface area contributed by atoms with E-state index >= 15 is 0 Å². The second kappa shape index (κ2) is 7.39. The number of hydrogen-bond donors (Lipinski definition) is 0. The maximum atomic E-state index is 13.7. The van der Waals surface area contributed by atoms with E-state index in [1.165, 1.54) is 0 Å². The SMILES string of the molecule is CC1C2CC(C(=O)OCC(F)(F)C(F)(F)CCC(F)(F)C(F)F)C(C2)C1C. The van der Waals surface area contributed by atoms with Crippen molar-refractivity contribution in [3.8, 4) is 0 Å². The van der Waals surface area contributed by atoms with E-state index in [0.717, 1.165) is 6.42 Å². The third-order valence-corrected chi connectivity index (χ3v) is 6.22. The van der Waals surface area contributed by atoms with E-state index in [2.05, 4.69) is 4.74 Å². The maximum absolute atomic E-state index is 13.7. The van der Waals surface area contributed by atoms with Crippen molar-refractivity contribution in [1.82, 2.24) is 0 Å². The number of ether oxygens (including phenoxy) is 1. The highest BCUT2D eigenvalue weighted by atomic mass is 19.3. The second-order valence-corrected chi connectivity index (χ2v) is 7.80. The van der Waals surface area contributed by atoms with Crippen molar-refractivity contribution >= 4 is 5.97 Å². The van der Waals surface area contributed by atoms with Gasteiger partial charge >= 0.3 is 30.2 Å². The molecule has 0 heterocycles. The Hall–Kier alpha value is -1.09. The minimum atomic E-state index is -5.01. The summed E-state index contributed by atoms with van der Waals surface area (Å²) in [6.07, 6.45) is -7.31. The van der Waals surface area contributed by atoms with Crippen LogP contribution in [0.1, 0.15) is 39.5 Å². The first-order chi connectivity index (χ1) is 12.2. The average Bonchev–Trinajstić information content (AvgIpc) is 3.11. The molecule has 0 aromatic carbocycles. The Kier molecular flexibility index (Phi) is 6.07. The predicted octanol–water partition coefficient (Wildman–Crippen LogP) is 5.41. The van der Waals surface area contributed by atoms with Crippen LogP contribution in [0, 0.1) is 29.6 Å². The average molecular weight is 410 g/mol. The van der Waals surface area contributed by atoms with Gasteiger partial charge in [0.15, 0.2) is 6.61 Å². The molecule has 5 unspecified atom stereocenters. The van der Waals surface area contributed by atoms with E-state index < -0.39 is 55.5 Å². The maximum Gasteiger partial charge on any atom is 0.343 e. The number of rotatable bonds is 8. The summed E-state index contributed by atoms with van der Waals surface area (Å²) in [6, 6.07) is 0. The molecule has 2 aliphatic carbocycles. The lowest BCUT2D eigenvalue weighted by Crippen LogP contribution is -2.46. The number of halogens is 8. The molecular weight excluding hydrogens is 388 g/mol. The van der Waals surface area contributed by atoms with Crippen LogP contribution in [0.4, 0.5) is 35.1 Å². The Balaban J connectivity index is 1.90. The molecule has 2 saturated carbocycles. The molecule has 27 heavy (non-hydrogen) atoms. The van der Waals surface area contributed by atoms with E-state index in [4.69, 9.17) is 0 Å². The zero-order valence-corrected chi connectivity index (χ0v) is 14.8. The normalized spacial score (nSPS) is 31.6. The molecule has 2 bridgehead atoms. The van der Waals surface area contributed by atoms with E-state index in [9.17, 15) is 39.9 Å². The van der Waals surface area contributed by atoms with E-state index in [0.29, 0.717) is 12.3 Å². The minimum Gasteiger partial charge on any atom is -0.459 e. The third-order valence-electron chi connectivity index (χ3n) is 6.22. The number of esters is 1. The van der Waals surface area contributed by atoms with Gasteiger partial charge in [-0.25, -0.2) is 17.6 Å². The highest BCUT2D eigenvalue weighted by Crippen LogP contribution is 2.55. The first kappa shape index (κ1) is 22.2. The van der Waals surface area contributed by atoms with E-state index in [1.807, 2.05) is 13.8 Å². The number of fused-ring (bicyclic) bond motifs is 2. The molecule has 0 saturated heterocycles. The van der Waals surface area contributed by atoms with Gasteiger partial charge in [0.1, 0.15) is 0 Å². The highest BCUT2D eigenvalue weighted by molar-refractivity contribution is 5.73. The number of hydrogen-bond acceptors (Lipinski definition) is 2. The summed E-state index contributed by atoms with van der Waals surface area (Å²) in [5.74, 6) is -15.6. The van der Waals surface area contributed by atoms with Crippen LogP contribution in [0.15, 0.2) is 0 Å². The van der Waals surface area contributed by atoms with Gasteiger partial charge in [-0.2, -0.15) is 17.6 Å². The molecule has 2 fully saturated rings. The summed E-state index contributed by atoms with van der Waals surface area (Å²) in [5.41, 5.74) is 0. The first-order valence-corrected chi connectivity index (χ1v) is 8.78. The van der Waals surface area contributed by atoms with Gasteiger partial charge in [0.2, 0.25) is 0 Å². The highest BCUT2D eigenvalue weighted by Gasteiger charge is 2.59. The quantitative estimate of drug-likeness (QED) is 0.395. The Morgan fingerprint density at radius 1 is 0.963 bits per heavy atom. The van der Waals surface area contributed by atoms with Gasteiger partial charge in [0, 0.05) is 12.8 Å². The number of carbonyl (C=O) groups excluding carboxylic acids is 1. The second-order valence-electron chi connectivity index (χ2n) is 7.80. The zero-order valence-electron chi connectivity index (χ0n) is 14.8. The van der Waals surface area contributed by atoms with E-state index in [1.54, 1.807) is 0 Å². The Morgan fingerprint density at radius 2 is 1.56 bits per heavy atom. The fourth-order valence-electron chi connectivity index (χ4n) is 4.20. The van der Waals surface area contributed by atoms with Crippen LogP contribution >= 0.6 is 0 Å². The van der Waals surface area contributed by atoms with Gasteiger partial charge < -0.3 is 4.74 Å². The standard InChI is InChI=1S/C17H22F8O2/c1-8-9(2)11-5-10(8)6-12(11)13(26)27-7-17(24,25)16(22,23)4-3-15(20,21)14(18)19/h8-12,14H,3-7H2,1-2H3. The fourth-order valence-corrected chi connectivity index (χ4v) is 4.20. The lowest BCUT2D eigenvalue weighted by molar-refractivity contribution is -0.243. The Labute approximate surface area is 151 Å². The Bertz CT molecular complexity index is 549. The molecule has 0 amide bonds. The van der Waals surface area contributed by atoms with Gasteiger partial charge in [-0.3, -0.25) is 4.79 Å². The topological polar surface area (TPSA) is 26.3 Å². The van der Waals surface area contributed by atoms with Crippen LogP contribution in [0.3, 0.4) is 0 Å². The molecule has 0 spiro atoms. The number of carbonyl (C=O) groups is 1. The van der Waals surface area contributed by atoms with Gasteiger partial charge in [-0.15, -0.1) is 0 Å². The monoisotopic (exact) mass is 410 g/mol. The minimum absolute atomic E-state index is 0.0589. The molecule has 0 radical (unpaired) electrons. The van der Waals surface area contributed by atoms with Crippen molar-refractivity contribution in [3.05, 3.63) is 0 Å². The van der Waals surface area contributed by atoms with Crippen LogP contribution in [0.2, 0.25) is 0 Å². The molecular formula is C17H22F8O2. The molecule has 2 rings (SSSR count). The van der Waals surface area contributed by atoms with Crippen molar-refractivity contribution in [2.24, 2.45) is 29.6 Å². The molecule has 0 aromatic rings. The lowest BCUT2D eigenvalue weighted by atomic mass is 9.76. The third kappa shape index (κ3) is 4.34. The molecule has 2 aliphatic rings. The van der Waals surface area contributed by atoms with Crippen LogP contribution in [-0.2, 0) is 9.53 Å². The summed E-state index contributed by atoms with van der Waals surface area (Å²) < 4.78 is 108. The van der Waals surface area contributed by atoms with Crippen molar-refractivity contribution in [2.75, 3.05) is 6.61 Å². The molecule has 2 nitrogen and oxygen atoms in total. The van der Waals surface area contributed by atoms with Crippen LogP contribution < -0.4 is 0 Å². The smallest absolute Gasteiger partial charge is 0.343 e. The predicted molar refractivity (Wildman–Crippen MR) is 79.1 cm³/mol. The van der Waals surface area contributed by atoms with Crippen molar-refractivity contribution in [3.63, 3.8) is 0 Å². The Morgan fingerprint density at radius 3 is 2.04 bits per heavy atom. The molecule has 158 valence electrons. The fraction of sp³-hybridized carbons (Fsp3) is 0.941. The largest absolute Gasteiger partial charge is 0.459 e. The summed E-state index contributed by atoms with van der Waals surface area (Å²) in [5, 5.41) is 0. The first-order valence-electron chi connectivity index (χ1n) is 8.78. The number of alkyl halides is 8. The molecule has 10 heteroatoms. The van der Waals surface area contributed by atoms with Gasteiger partial charge in [0.25, 0.3) is 0 Å². The molecule has 5 atom stereocenters. The summed E-state index contributed by atoms with van der Waals surface area (Å²) in [6.45, 7) is 1.98. The van der Waals surface area contributed by atoms with Crippen molar-refractivity contribution in [2.45, 2.75) is 63.7 Å². The van der Waals surface area contributed by atoms with Crippen LogP contribution in [0.5, 0.6) is 0 Å². The van der Waals surface area contributed by atoms with Crippen molar-refractivity contribution in [1.29, 1.82) is 0 Å². The van der Waals surface area contributed by atoms with Crippen LogP contribution in [0.25, 0.3) is 0 Å². The lowest BCUT2D eigenvalue weighted by Gasteiger charge is -2.31. The van der Waals surface area contributed by atoms with Crippen LogP contribution in [-0.4, -0.2) is 36.8 Å². The summed E-state index contributed by atoms with van der Waals surface area (Å²) in [4.78, 5) is 12.0. The molecule has 0 N–H and O–H groups in total. The summed E-state index contributed by atoms with van der Waals surface area (Å²) in [7, 11) is 0. The zero-order chi connectivity index (χ0) is 20.8. The van der Waals surface area contributed by atoms with Gasteiger partial charge in [-0.1, -0.05) is 13.8 Å².